The largest absolute Gasteiger partial charge is 0.496 e. The molecule has 0 heterocycles. The first kappa shape index (κ1) is 19.1. The van der Waals surface area contributed by atoms with E-state index in [9.17, 15) is 4.21 Å². The highest BCUT2D eigenvalue weighted by atomic mass is 79.9. The second kappa shape index (κ2) is 8.03. The van der Waals surface area contributed by atoms with Crippen LogP contribution >= 0.6 is 15.9 Å². The van der Waals surface area contributed by atoms with Crippen LogP contribution in [0.15, 0.2) is 76.1 Å². The van der Waals surface area contributed by atoms with Crippen LogP contribution in [0, 0.1) is 0 Å². The number of methoxy groups -OCH3 is 1. The summed E-state index contributed by atoms with van der Waals surface area (Å²) in [5.74, 6) is 0.737. The van der Waals surface area contributed by atoms with E-state index in [4.69, 9.17) is 8.92 Å². The fraction of sp³-hybridized carbons (Fsp3) is 0.130. The number of benzene rings is 4. The van der Waals surface area contributed by atoms with Gasteiger partial charge in [0.15, 0.2) is 11.1 Å². The van der Waals surface area contributed by atoms with Crippen LogP contribution in [0.4, 0.5) is 0 Å². The molecule has 0 aliphatic rings. The van der Waals surface area contributed by atoms with Crippen LogP contribution < -0.4 is 4.74 Å². The van der Waals surface area contributed by atoms with Crippen LogP contribution in [-0.2, 0) is 15.3 Å². The van der Waals surface area contributed by atoms with Gasteiger partial charge in [-0.1, -0.05) is 58.4 Å². The first-order valence-corrected chi connectivity index (χ1v) is 10.8. The van der Waals surface area contributed by atoms with Crippen molar-refractivity contribution in [3.8, 4) is 16.9 Å². The Morgan fingerprint density at radius 1 is 0.893 bits per heavy atom. The average molecular weight is 455 g/mol. The molecule has 0 amide bonds. The lowest BCUT2D eigenvalue weighted by Crippen LogP contribution is -2.01. The maximum absolute atomic E-state index is 12.9. The molecule has 0 bridgehead atoms. The molecule has 142 valence electrons. The minimum absolute atomic E-state index is 0.374. The van der Waals surface area contributed by atoms with Crippen molar-refractivity contribution in [1.29, 1.82) is 0 Å². The van der Waals surface area contributed by atoms with Crippen LogP contribution in [-0.4, -0.2) is 17.9 Å². The minimum Gasteiger partial charge on any atom is -0.496 e. The molecule has 0 unspecified atom stereocenters. The van der Waals surface area contributed by atoms with Crippen LogP contribution in [0.3, 0.4) is 0 Å². The number of hydrogen-bond acceptors (Lipinski definition) is 3. The van der Waals surface area contributed by atoms with E-state index in [0.29, 0.717) is 11.5 Å². The molecule has 0 N–H and O–H groups in total. The maximum Gasteiger partial charge on any atom is 0.189 e. The molecule has 1 atom stereocenters. The zero-order chi connectivity index (χ0) is 19.7. The van der Waals surface area contributed by atoms with Gasteiger partial charge in [-0.25, -0.2) is 4.21 Å². The fourth-order valence-electron chi connectivity index (χ4n) is 3.53. The molecule has 4 rings (SSSR count). The van der Waals surface area contributed by atoms with Crippen LogP contribution in [0.5, 0.6) is 5.75 Å². The van der Waals surface area contributed by atoms with E-state index in [-0.39, 0.29) is 0 Å². The summed E-state index contributed by atoms with van der Waals surface area (Å²) < 4.78 is 25.1. The Morgan fingerprint density at radius 3 is 2.43 bits per heavy atom. The van der Waals surface area contributed by atoms with Crippen molar-refractivity contribution in [3.63, 3.8) is 0 Å². The Balaban J connectivity index is 2.17. The third-order valence-electron chi connectivity index (χ3n) is 4.71. The molecule has 0 spiro atoms. The molecule has 0 saturated carbocycles. The highest BCUT2D eigenvalue weighted by molar-refractivity contribution is 9.10. The van der Waals surface area contributed by atoms with Crippen molar-refractivity contribution in [2.24, 2.45) is 0 Å². The molecular formula is C23H19BrO3S. The van der Waals surface area contributed by atoms with Gasteiger partial charge in [0, 0.05) is 15.6 Å². The van der Waals surface area contributed by atoms with Gasteiger partial charge in [-0.05, 0) is 52.7 Å². The van der Waals surface area contributed by atoms with Gasteiger partial charge in [0.25, 0.3) is 0 Å². The highest BCUT2D eigenvalue weighted by Crippen LogP contribution is 2.44. The smallest absolute Gasteiger partial charge is 0.189 e. The molecule has 0 radical (unpaired) electrons. The summed E-state index contributed by atoms with van der Waals surface area (Å²) in [5.41, 5.74) is 1.81. The second-order valence-electron chi connectivity index (χ2n) is 6.31. The van der Waals surface area contributed by atoms with E-state index in [2.05, 4.69) is 40.2 Å². The maximum atomic E-state index is 12.9. The van der Waals surface area contributed by atoms with Gasteiger partial charge in [-0.15, -0.1) is 0 Å². The van der Waals surface area contributed by atoms with Gasteiger partial charge in [0.2, 0.25) is 0 Å². The highest BCUT2D eigenvalue weighted by Gasteiger charge is 2.21. The molecule has 4 aromatic rings. The van der Waals surface area contributed by atoms with E-state index >= 15 is 0 Å². The van der Waals surface area contributed by atoms with Crippen LogP contribution in [0.2, 0.25) is 0 Å². The molecule has 0 fully saturated rings. The third kappa shape index (κ3) is 3.34. The second-order valence-corrected chi connectivity index (χ2v) is 8.37. The molecular weight excluding hydrogens is 436 g/mol. The molecule has 3 nitrogen and oxygen atoms in total. The summed E-state index contributed by atoms with van der Waals surface area (Å²) in [7, 11) is 1.66. The normalized spacial score (nSPS) is 12.4. The van der Waals surface area contributed by atoms with E-state index < -0.39 is 11.1 Å². The van der Waals surface area contributed by atoms with E-state index in [0.717, 1.165) is 42.9 Å². The predicted molar refractivity (Wildman–Crippen MR) is 119 cm³/mol. The molecule has 28 heavy (non-hydrogen) atoms. The Morgan fingerprint density at radius 2 is 1.64 bits per heavy atom. The van der Waals surface area contributed by atoms with Gasteiger partial charge in [-0.3, -0.25) is 4.18 Å². The van der Waals surface area contributed by atoms with E-state index in [1.54, 1.807) is 7.11 Å². The first-order valence-electron chi connectivity index (χ1n) is 8.97. The van der Waals surface area contributed by atoms with Crippen molar-refractivity contribution < 1.29 is 13.1 Å². The monoisotopic (exact) mass is 454 g/mol. The van der Waals surface area contributed by atoms with Crippen molar-refractivity contribution in [1.82, 2.24) is 0 Å². The number of ether oxygens (including phenoxy) is 1. The van der Waals surface area contributed by atoms with E-state index in [1.165, 1.54) is 0 Å². The Bertz CT molecular complexity index is 1200. The zero-order valence-electron chi connectivity index (χ0n) is 15.6. The van der Waals surface area contributed by atoms with Crippen LogP contribution in [0.1, 0.15) is 6.92 Å². The van der Waals surface area contributed by atoms with Gasteiger partial charge in [0.05, 0.1) is 18.6 Å². The number of rotatable bonds is 5. The lowest BCUT2D eigenvalue weighted by atomic mass is 9.93. The van der Waals surface area contributed by atoms with Crippen molar-refractivity contribution in [2.45, 2.75) is 11.8 Å². The number of halogens is 1. The quantitative estimate of drug-likeness (QED) is 0.345. The van der Waals surface area contributed by atoms with Crippen molar-refractivity contribution in [2.75, 3.05) is 13.7 Å². The average Bonchev–Trinajstić information content (AvgIpc) is 2.72. The zero-order valence-corrected chi connectivity index (χ0v) is 18.0. The molecule has 0 saturated heterocycles. The topological polar surface area (TPSA) is 35.5 Å². The Kier molecular flexibility index (Phi) is 5.49. The molecule has 0 aliphatic carbocycles. The summed E-state index contributed by atoms with van der Waals surface area (Å²) in [6.45, 7) is 2.22. The SMILES string of the molecule is CCO[S@](=O)c1ccc2ccccc2c1-c1c(OC)ccc2cc(Br)ccc12. The molecule has 4 aromatic carbocycles. The van der Waals surface area contributed by atoms with Crippen LogP contribution in [0.25, 0.3) is 32.7 Å². The summed E-state index contributed by atoms with van der Waals surface area (Å²) in [6, 6.07) is 22.1. The molecule has 5 heteroatoms. The van der Waals surface area contributed by atoms with Gasteiger partial charge in [-0.2, -0.15) is 0 Å². The Labute approximate surface area is 175 Å². The summed E-state index contributed by atoms with van der Waals surface area (Å²) in [4.78, 5) is 0.647. The summed E-state index contributed by atoms with van der Waals surface area (Å²) in [6.07, 6.45) is 0. The van der Waals surface area contributed by atoms with Gasteiger partial charge >= 0.3 is 0 Å². The van der Waals surface area contributed by atoms with E-state index in [1.807, 2.05) is 49.4 Å². The molecule has 0 aliphatic heterocycles. The Hall–Kier alpha value is -2.21. The third-order valence-corrected chi connectivity index (χ3v) is 6.35. The summed E-state index contributed by atoms with van der Waals surface area (Å²) in [5, 5.41) is 4.20. The van der Waals surface area contributed by atoms with Crippen molar-refractivity contribution in [3.05, 3.63) is 71.2 Å². The lowest BCUT2D eigenvalue weighted by molar-refractivity contribution is 0.372. The number of fused-ring (bicyclic) bond motifs is 2. The number of hydrogen-bond donors (Lipinski definition) is 0. The van der Waals surface area contributed by atoms with Gasteiger partial charge in [0.1, 0.15) is 5.75 Å². The van der Waals surface area contributed by atoms with Crippen molar-refractivity contribution >= 4 is 48.6 Å². The standard InChI is InChI=1S/C23H19BrO3S/c1-3-27-28(25)21-13-9-15-6-4-5-7-18(15)23(21)22-19-11-10-17(24)14-16(19)8-12-20(22)26-2/h4-14H,3H2,1-2H3/t28-/m0/s1. The minimum atomic E-state index is -1.57. The van der Waals surface area contributed by atoms with Gasteiger partial charge < -0.3 is 4.74 Å². The first-order chi connectivity index (χ1) is 13.6. The predicted octanol–water partition coefficient (Wildman–Crippen LogP) is 6.49. The summed E-state index contributed by atoms with van der Waals surface area (Å²) >= 11 is 1.97. The fourth-order valence-corrected chi connectivity index (χ4v) is 4.81. The lowest BCUT2D eigenvalue weighted by Gasteiger charge is -2.18. The molecule has 0 aromatic heterocycles.